The van der Waals surface area contributed by atoms with Crippen LogP contribution in [0.1, 0.15) is 19.4 Å². The van der Waals surface area contributed by atoms with Crippen LogP contribution in [0.4, 0.5) is 0 Å². The zero-order valence-electron chi connectivity index (χ0n) is 11.7. The van der Waals surface area contributed by atoms with Crippen molar-refractivity contribution in [1.29, 1.82) is 0 Å². The number of benzene rings is 1. The lowest BCUT2D eigenvalue weighted by Crippen LogP contribution is -2.37. The third-order valence-corrected chi connectivity index (χ3v) is 2.78. The van der Waals surface area contributed by atoms with E-state index >= 15 is 0 Å². The summed E-state index contributed by atoms with van der Waals surface area (Å²) >= 11 is 0. The first-order chi connectivity index (χ1) is 9.08. The normalized spacial score (nSPS) is 11.0. The number of hydrogen-bond acceptors (Lipinski definition) is 3. The molecule has 0 fully saturated rings. The molecule has 19 heavy (non-hydrogen) atoms. The van der Waals surface area contributed by atoms with Crippen molar-refractivity contribution in [3.8, 4) is 5.75 Å². The second-order valence-electron chi connectivity index (χ2n) is 4.46. The molecule has 1 amide bonds. The number of nitrogens with zero attached hydrogens (tertiary/aromatic N) is 1. The second kappa shape index (κ2) is 7.59. The average Bonchev–Trinajstić information content (AvgIpc) is 2.42. The fourth-order valence-electron chi connectivity index (χ4n) is 1.71. The van der Waals surface area contributed by atoms with Gasteiger partial charge in [0.15, 0.2) is 0 Å². The Bertz CT molecular complexity index is 424. The third-order valence-electron chi connectivity index (χ3n) is 2.78. The van der Waals surface area contributed by atoms with E-state index in [1.165, 1.54) is 6.08 Å². The zero-order valence-corrected chi connectivity index (χ0v) is 11.7. The van der Waals surface area contributed by atoms with Crippen molar-refractivity contribution in [3.63, 3.8) is 0 Å². The first-order valence-electron chi connectivity index (χ1n) is 6.32. The van der Waals surface area contributed by atoms with Gasteiger partial charge in [-0.3, -0.25) is 4.79 Å². The van der Waals surface area contributed by atoms with Gasteiger partial charge in [-0.1, -0.05) is 12.1 Å². The summed E-state index contributed by atoms with van der Waals surface area (Å²) in [6, 6.07) is 7.53. The van der Waals surface area contributed by atoms with Crippen LogP contribution in [0.3, 0.4) is 0 Å². The number of rotatable bonds is 6. The third kappa shape index (κ3) is 4.75. The molecule has 1 aromatic carbocycles. The van der Waals surface area contributed by atoms with Crippen LogP contribution in [0.5, 0.6) is 5.75 Å². The molecule has 0 aromatic heterocycles. The summed E-state index contributed by atoms with van der Waals surface area (Å²) in [5.41, 5.74) is 0.932. The summed E-state index contributed by atoms with van der Waals surface area (Å²) < 4.78 is 5.07. The number of carbonyl (C=O) groups excluding carboxylic acids is 1. The molecule has 0 radical (unpaired) electrons. The zero-order chi connectivity index (χ0) is 14.3. The molecule has 1 aromatic rings. The van der Waals surface area contributed by atoms with Gasteiger partial charge >= 0.3 is 0 Å². The lowest BCUT2D eigenvalue weighted by atomic mass is 10.2. The van der Waals surface area contributed by atoms with Gasteiger partial charge in [0.1, 0.15) is 5.75 Å². The van der Waals surface area contributed by atoms with E-state index in [0.29, 0.717) is 6.54 Å². The minimum absolute atomic E-state index is 0.0275. The van der Waals surface area contributed by atoms with Crippen LogP contribution in [-0.4, -0.2) is 42.2 Å². The van der Waals surface area contributed by atoms with Crippen molar-refractivity contribution in [3.05, 3.63) is 35.9 Å². The Kier molecular flexibility index (Phi) is 6.09. The smallest absolute Gasteiger partial charge is 0.246 e. The minimum Gasteiger partial charge on any atom is -0.497 e. The molecule has 0 saturated carbocycles. The summed E-state index contributed by atoms with van der Waals surface area (Å²) in [5.74, 6) is 0.687. The Balaban J connectivity index is 2.70. The Labute approximate surface area is 114 Å². The average molecular weight is 263 g/mol. The van der Waals surface area contributed by atoms with Gasteiger partial charge in [-0.2, -0.15) is 0 Å². The molecule has 1 N–H and O–H groups in total. The Morgan fingerprint density at radius 2 is 2.00 bits per heavy atom. The van der Waals surface area contributed by atoms with Crippen LogP contribution in [-0.2, 0) is 4.79 Å². The number of aliphatic hydroxyl groups is 1. The molecule has 0 saturated heterocycles. The van der Waals surface area contributed by atoms with Crippen LogP contribution in [0, 0.1) is 0 Å². The van der Waals surface area contributed by atoms with Crippen LogP contribution in [0.2, 0.25) is 0 Å². The van der Waals surface area contributed by atoms with Crippen LogP contribution < -0.4 is 4.74 Å². The Morgan fingerprint density at radius 1 is 1.37 bits per heavy atom. The molecular weight excluding hydrogens is 242 g/mol. The second-order valence-corrected chi connectivity index (χ2v) is 4.46. The molecule has 0 atom stereocenters. The van der Waals surface area contributed by atoms with Crippen molar-refractivity contribution in [2.75, 3.05) is 20.3 Å². The molecule has 0 spiro atoms. The van der Waals surface area contributed by atoms with E-state index in [9.17, 15) is 4.79 Å². The van der Waals surface area contributed by atoms with Crippen LogP contribution >= 0.6 is 0 Å². The standard InChI is InChI=1S/C15H21NO3/c1-12(2)16(10-11-17)15(18)9-6-13-4-7-14(19-3)8-5-13/h4-9,12,17H,10-11H2,1-3H3/b9-6+. The first kappa shape index (κ1) is 15.2. The van der Waals surface area contributed by atoms with E-state index in [1.807, 2.05) is 38.1 Å². The predicted octanol–water partition coefficient (Wildman–Crippen LogP) is 1.94. The fraction of sp³-hybridized carbons (Fsp3) is 0.400. The van der Waals surface area contributed by atoms with Gasteiger partial charge in [0.2, 0.25) is 5.91 Å². The number of amides is 1. The summed E-state index contributed by atoms with van der Waals surface area (Å²) in [7, 11) is 1.61. The molecule has 104 valence electrons. The van der Waals surface area contributed by atoms with E-state index in [0.717, 1.165) is 11.3 Å². The maximum Gasteiger partial charge on any atom is 0.246 e. The fourth-order valence-corrected chi connectivity index (χ4v) is 1.71. The van der Waals surface area contributed by atoms with Gasteiger partial charge in [0, 0.05) is 18.7 Å². The van der Waals surface area contributed by atoms with Gasteiger partial charge < -0.3 is 14.7 Å². The summed E-state index contributed by atoms with van der Waals surface area (Å²) in [5, 5.41) is 8.95. The molecular formula is C15H21NO3. The van der Waals surface area contributed by atoms with E-state index < -0.39 is 0 Å². The maximum absolute atomic E-state index is 12.0. The van der Waals surface area contributed by atoms with Crippen molar-refractivity contribution in [2.45, 2.75) is 19.9 Å². The molecule has 4 heteroatoms. The minimum atomic E-state index is -0.0973. The van der Waals surface area contributed by atoms with Crippen molar-refractivity contribution in [2.24, 2.45) is 0 Å². The highest BCUT2D eigenvalue weighted by molar-refractivity contribution is 5.92. The molecule has 0 bridgehead atoms. The lowest BCUT2D eigenvalue weighted by molar-refractivity contribution is -0.128. The van der Waals surface area contributed by atoms with E-state index in [2.05, 4.69) is 0 Å². The number of methoxy groups -OCH3 is 1. The maximum atomic E-state index is 12.0. The van der Waals surface area contributed by atoms with Crippen LogP contribution in [0.15, 0.2) is 30.3 Å². The highest BCUT2D eigenvalue weighted by atomic mass is 16.5. The summed E-state index contributed by atoms with van der Waals surface area (Å²) in [6.07, 6.45) is 3.28. The number of hydrogen-bond donors (Lipinski definition) is 1. The molecule has 0 aliphatic rings. The number of ether oxygens (including phenoxy) is 1. The Hall–Kier alpha value is -1.81. The number of carbonyl (C=O) groups is 1. The largest absolute Gasteiger partial charge is 0.497 e. The first-order valence-corrected chi connectivity index (χ1v) is 6.32. The van der Waals surface area contributed by atoms with E-state index in [1.54, 1.807) is 18.1 Å². The summed E-state index contributed by atoms with van der Waals surface area (Å²) in [6.45, 7) is 4.17. The quantitative estimate of drug-likeness (QED) is 0.798. The van der Waals surface area contributed by atoms with Gasteiger partial charge in [0.25, 0.3) is 0 Å². The van der Waals surface area contributed by atoms with Crippen molar-refractivity contribution < 1.29 is 14.6 Å². The molecule has 4 nitrogen and oxygen atoms in total. The molecule has 0 aliphatic carbocycles. The van der Waals surface area contributed by atoms with Crippen molar-refractivity contribution in [1.82, 2.24) is 4.90 Å². The monoisotopic (exact) mass is 263 g/mol. The molecule has 0 unspecified atom stereocenters. The van der Waals surface area contributed by atoms with Gasteiger partial charge in [-0.15, -0.1) is 0 Å². The van der Waals surface area contributed by atoms with Gasteiger partial charge in [-0.05, 0) is 37.6 Å². The lowest BCUT2D eigenvalue weighted by Gasteiger charge is -2.24. The van der Waals surface area contributed by atoms with Crippen molar-refractivity contribution >= 4 is 12.0 Å². The molecule has 1 rings (SSSR count). The topological polar surface area (TPSA) is 49.8 Å². The SMILES string of the molecule is COc1ccc(/C=C/C(=O)N(CCO)C(C)C)cc1. The Morgan fingerprint density at radius 3 is 2.47 bits per heavy atom. The molecule has 0 aliphatic heterocycles. The summed E-state index contributed by atoms with van der Waals surface area (Å²) in [4.78, 5) is 13.6. The number of aliphatic hydroxyl groups excluding tert-OH is 1. The van der Waals surface area contributed by atoms with Crippen LogP contribution in [0.25, 0.3) is 6.08 Å². The van der Waals surface area contributed by atoms with E-state index in [-0.39, 0.29) is 18.6 Å². The highest BCUT2D eigenvalue weighted by Crippen LogP contribution is 2.12. The highest BCUT2D eigenvalue weighted by Gasteiger charge is 2.13. The van der Waals surface area contributed by atoms with Gasteiger partial charge in [-0.25, -0.2) is 0 Å². The molecule has 0 heterocycles. The van der Waals surface area contributed by atoms with E-state index in [4.69, 9.17) is 9.84 Å². The predicted molar refractivity (Wildman–Crippen MR) is 76.0 cm³/mol. The van der Waals surface area contributed by atoms with Gasteiger partial charge in [0.05, 0.1) is 13.7 Å².